The molecular formula is C27H31N3O4. The zero-order valence-electron chi connectivity index (χ0n) is 19.6. The van der Waals surface area contributed by atoms with Gasteiger partial charge in [0, 0.05) is 18.8 Å². The molecule has 1 fully saturated rings. The summed E-state index contributed by atoms with van der Waals surface area (Å²) in [6, 6.07) is 16.1. The van der Waals surface area contributed by atoms with Crippen molar-refractivity contribution in [2.24, 2.45) is 5.92 Å². The molecule has 3 aromatic rings. The Hall–Kier alpha value is -3.61. The van der Waals surface area contributed by atoms with Gasteiger partial charge in [0.1, 0.15) is 23.7 Å². The Morgan fingerprint density at radius 3 is 2.47 bits per heavy atom. The minimum Gasteiger partial charge on any atom is -0.484 e. The number of pyridine rings is 1. The number of nitrogens with zero attached hydrogens (tertiary/aromatic N) is 1. The van der Waals surface area contributed by atoms with Crippen LogP contribution in [-0.2, 0) is 4.79 Å². The molecule has 0 unspecified atom stereocenters. The number of furan rings is 1. The van der Waals surface area contributed by atoms with Gasteiger partial charge in [0.2, 0.25) is 5.91 Å². The van der Waals surface area contributed by atoms with Gasteiger partial charge in [-0.2, -0.15) is 0 Å². The molecule has 1 aliphatic rings. The molecule has 0 radical (unpaired) electrons. The Kier molecular flexibility index (Phi) is 7.62. The van der Waals surface area contributed by atoms with Crippen molar-refractivity contribution < 1.29 is 18.7 Å². The SMILES string of the molecule is CNC(=O)[C@@H](NC(=O)c1ccc(-c2ccc(O[C@@H](C)c3ccccn3)cc2)o1)C1CCCCC1. The Bertz CT molecular complexity index is 1090. The summed E-state index contributed by atoms with van der Waals surface area (Å²) >= 11 is 0. The molecule has 7 heteroatoms. The lowest BCUT2D eigenvalue weighted by Gasteiger charge is -2.29. The van der Waals surface area contributed by atoms with Crippen molar-refractivity contribution in [2.45, 2.75) is 51.2 Å². The average molecular weight is 462 g/mol. The monoisotopic (exact) mass is 461 g/mol. The van der Waals surface area contributed by atoms with Crippen LogP contribution in [-0.4, -0.2) is 29.9 Å². The summed E-state index contributed by atoms with van der Waals surface area (Å²) in [4.78, 5) is 29.6. The van der Waals surface area contributed by atoms with E-state index < -0.39 is 6.04 Å². The third-order valence-electron chi connectivity index (χ3n) is 6.32. The number of rotatable bonds is 8. The molecule has 2 N–H and O–H groups in total. The molecule has 0 saturated heterocycles. The highest BCUT2D eigenvalue weighted by molar-refractivity contribution is 5.96. The van der Waals surface area contributed by atoms with Crippen LogP contribution in [0.3, 0.4) is 0 Å². The van der Waals surface area contributed by atoms with Crippen molar-refractivity contribution in [3.63, 3.8) is 0 Å². The Balaban J connectivity index is 1.41. The number of hydrogen-bond acceptors (Lipinski definition) is 5. The van der Waals surface area contributed by atoms with Gasteiger partial charge in [0.15, 0.2) is 5.76 Å². The highest BCUT2D eigenvalue weighted by atomic mass is 16.5. The molecule has 2 amide bonds. The lowest BCUT2D eigenvalue weighted by atomic mass is 9.83. The van der Waals surface area contributed by atoms with Crippen LogP contribution < -0.4 is 15.4 Å². The molecule has 2 aromatic heterocycles. The number of nitrogens with one attached hydrogen (secondary N) is 2. The molecule has 2 atom stereocenters. The summed E-state index contributed by atoms with van der Waals surface area (Å²) in [5.41, 5.74) is 1.68. The van der Waals surface area contributed by atoms with Gasteiger partial charge in [-0.05, 0) is 74.2 Å². The van der Waals surface area contributed by atoms with Crippen molar-refractivity contribution in [1.29, 1.82) is 0 Å². The first kappa shape index (κ1) is 23.5. The summed E-state index contributed by atoms with van der Waals surface area (Å²) < 4.78 is 11.8. The highest BCUT2D eigenvalue weighted by Gasteiger charge is 2.31. The average Bonchev–Trinajstić information content (AvgIpc) is 3.39. The summed E-state index contributed by atoms with van der Waals surface area (Å²) in [7, 11) is 1.60. The Labute approximate surface area is 199 Å². The van der Waals surface area contributed by atoms with Crippen LogP contribution >= 0.6 is 0 Å². The highest BCUT2D eigenvalue weighted by Crippen LogP contribution is 2.29. The molecule has 178 valence electrons. The van der Waals surface area contributed by atoms with E-state index in [1.54, 1.807) is 25.4 Å². The van der Waals surface area contributed by atoms with Crippen LogP contribution in [0, 0.1) is 5.92 Å². The van der Waals surface area contributed by atoms with E-state index in [2.05, 4.69) is 15.6 Å². The van der Waals surface area contributed by atoms with Gasteiger partial charge in [-0.1, -0.05) is 25.3 Å². The van der Waals surface area contributed by atoms with Crippen molar-refractivity contribution in [3.05, 3.63) is 72.2 Å². The summed E-state index contributed by atoms with van der Waals surface area (Å²) in [5, 5.41) is 5.57. The van der Waals surface area contributed by atoms with Crippen LogP contribution in [0.1, 0.15) is 61.4 Å². The van der Waals surface area contributed by atoms with Crippen LogP contribution in [0.25, 0.3) is 11.3 Å². The van der Waals surface area contributed by atoms with E-state index in [4.69, 9.17) is 9.15 Å². The second kappa shape index (κ2) is 11.0. The van der Waals surface area contributed by atoms with Gasteiger partial charge in [0.05, 0.1) is 5.69 Å². The predicted octanol–water partition coefficient (Wildman–Crippen LogP) is 4.91. The van der Waals surface area contributed by atoms with Crippen LogP contribution in [0.4, 0.5) is 0 Å². The fraction of sp³-hybridized carbons (Fsp3) is 0.370. The third kappa shape index (κ3) is 5.65. The standard InChI is InChI=1S/C27H31N3O4/c1-18(22-10-6-7-17-29-22)33-21-13-11-19(12-14-21)23-15-16-24(34-23)26(31)30-25(27(32)28-2)20-8-4-3-5-9-20/h6-7,10-18,20,25H,3-5,8-9H2,1-2H3,(H,28,32)(H,30,31)/t18-,25-/m0/s1. The van der Waals surface area contributed by atoms with E-state index in [0.29, 0.717) is 11.5 Å². The first-order valence-corrected chi connectivity index (χ1v) is 11.9. The molecule has 7 nitrogen and oxygen atoms in total. The molecule has 34 heavy (non-hydrogen) atoms. The maximum atomic E-state index is 12.9. The number of carbonyl (C=O) groups excluding carboxylic acids is 2. The predicted molar refractivity (Wildman–Crippen MR) is 129 cm³/mol. The second-order valence-electron chi connectivity index (χ2n) is 8.67. The number of carbonyl (C=O) groups is 2. The van der Waals surface area contributed by atoms with Gasteiger partial charge >= 0.3 is 0 Å². The number of ether oxygens (including phenoxy) is 1. The number of benzene rings is 1. The molecule has 0 bridgehead atoms. The number of aromatic nitrogens is 1. The van der Waals surface area contributed by atoms with Crippen LogP contribution in [0.2, 0.25) is 0 Å². The van der Waals surface area contributed by atoms with Crippen LogP contribution in [0.15, 0.2) is 65.2 Å². The lowest BCUT2D eigenvalue weighted by Crippen LogP contribution is -2.50. The molecule has 0 spiro atoms. The van der Waals surface area contributed by atoms with Gasteiger partial charge in [-0.15, -0.1) is 0 Å². The van der Waals surface area contributed by atoms with Crippen LogP contribution in [0.5, 0.6) is 5.75 Å². The third-order valence-corrected chi connectivity index (χ3v) is 6.32. The van der Waals surface area contributed by atoms with E-state index in [0.717, 1.165) is 36.9 Å². The van der Waals surface area contributed by atoms with Gasteiger partial charge < -0.3 is 19.8 Å². The van der Waals surface area contributed by atoms with Crippen molar-refractivity contribution in [3.8, 4) is 17.1 Å². The first-order chi connectivity index (χ1) is 16.5. The Morgan fingerprint density at radius 2 is 1.79 bits per heavy atom. The fourth-order valence-electron chi connectivity index (χ4n) is 4.43. The van der Waals surface area contributed by atoms with E-state index in [-0.39, 0.29) is 29.6 Å². The molecule has 1 aliphatic carbocycles. The van der Waals surface area contributed by atoms with Crippen molar-refractivity contribution >= 4 is 11.8 Å². The topological polar surface area (TPSA) is 93.5 Å². The van der Waals surface area contributed by atoms with Gasteiger partial charge in [-0.25, -0.2) is 0 Å². The minimum atomic E-state index is -0.552. The largest absolute Gasteiger partial charge is 0.484 e. The molecule has 1 aromatic carbocycles. The van der Waals surface area contributed by atoms with Gasteiger partial charge in [-0.3, -0.25) is 14.6 Å². The first-order valence-electron chi connectivity index (χ1n) is 11.9. The molecular weight excluding hydrogens is 430 g/mol. The fourth-order valence-corrected chi connectivity index (χ4v) is 4.43. The minimum absolute atomic E-state index is 0.146. The lowest BCUT2D eigenvalue weighted by molar-refractivity contribution is -0.124. The number of likely N-dealkylation sites (N-methyl/N-ethyl adjacent to an activating group) is 1. The second-order valence-corrected chi connectivity index (χ2v) is 8.67. The Morgan fingerprint density at radius 1 is 1.03 bits per heavy atom. The summed E-state index contributed by atoms with van der Waals surface area (Å²) in [5.74, 6) is 1.07. The molecule has 4 rings (SSSR count). The quantitative estimate of drug-likeness (QED) is 0.497. The molecule has 1 saturated carbocycles. The van der Waals surface area contributed by atoms with Crippen molar-refractivity contribution in [2.75, 3.05) is 7.05 Å². The van der Waals surface area contributed by atoms with Crippen molar-refractivity contribution in [1.82, 2.24) is 15.6 Å². The van der Waals surface area contributed by atoms with E-state index in [1.165, 1.54) is 6.42 Å². The summed E-state index contributed by atoms with van der Waals surface area (Å²) in [6.45, 7) is 1.95. The van der Waals surface area contributed by atoms with E-state index in [9.17, 15) is 9.59 Å². The summed E-state index contributed by atoms with van der Waals surface area (Å²) in [6.07, 6.45) is 6.79. The van der Waals surface area contributed by atoms with E-state index >= 15 is 0 Å². The normalized spacial score (nSPS) is 15.8. The zero-order valence-corrected chi connectivity index (χ0v) is 19.6. The number of amides is 2. The zero-order chi connectivity index (χ0) is 23.9. The number of hydrogen-bond donors (Lipinski definition) is 2. The maximum absolute atomic E-state index is 12.9. The molecule has 0 aliphatic heterocycles. The smallest absolute Gasteiger partial charge is 0.287 e. The van der Waals surface area contributed by atoms with E-state index in [1.807, 2.05) is 49.4 Å². The maximum Gasteiger partial charge on any atom is 0.287 e. The van der Waals surface area contributed by atoms with Gasteiger partial charge in [0.25, 0.3) is 5.91 Å². The molecule has 2 heterocycles.